The van der Waals surface area contributed by atoms with E-state index in [0.29, 0.717) is 0 Å². The van der Waals surface area contributed by atoms with Gasteiger partial charge in [-0.15, -0.1) is 11.3 Å². The molecule has 0 saturated heterocycles. The maximum Gasteiger partial charge on any atom is 0.135 e. The molecule has 11 aromatic rings. The molecule has 11 rings (SSSR count). The maximum atomic E-state index is 6.17. The predicted molar refractivity (Wildman–Crippen MR) is 243 cm³/mol. The predicted octanol–water partition coefficient (Wildman–Crippen LogP) is 16.1. The van der Waals surface area contributed by atoms with Crippen molar-refractivity contribution in [2.24, 2.45) is 0 Å². The first-order valence-electron chi connectivity index (χ1n) is 19.3. The molecule has 0 N–H and O–H groups in total. The largest absolute Gasteiger partial charge is 0.456 e. The van der Waals surface area contributed by atoms with Gasteiger partial charge in [-0.1, -0.05) is 158 Å². The van der Waals surface area contributed by atoms with Gasteiger partial charge in [-0.25, -0.2) is 0 Å². The van der Waals surface area contributed by atoms with Crippen LogP contribution < -0.4 is 4.90 Å². The van der Waals surface area contributed by atoms with Crippen molar-refractivity contribution in [3.63, 3.8) is 0 Å². The second kappa shape index (κ2) is 13.8. The molecule has 0 aliphatic heterocycles. The van der Waals surface area contributed by atoms with E-state index in [4.69, 9.17) is 4.42 Å². The summed E-state index contributed by atoms with van der Waals surface area (Å²) in [6.45, 7) is 0. The van der Waals surface area contributed by atoms with E-state index < -0.39 is 0 Å². The molecule has 0 atom stereocenters. The summed E-state index contributed by atoms with van der Waals surface area (Å²) in [4.78, 5) is 2.49. The summed E-state index contributed by atoms with van der Waals surface area (Å²) in [6.07, 6.45) is 0. The zero-order valence-corrected chi connectivity index (χ0v) is 31.8. The Bertz CT molecular complexity index is 3230. The van der Waals surface area contributed by atoms with Crippen molar-refractivity contribution in [3.05, 3.63) is 212 Å². The fourth-order valence-electron chi connectivity index (χ4n) is 8.50. The number of rotatable bonds is 7. The smallest absolute Gasteiger partial charge is 0.135 e. The van der Waals surface area contributed by atoms with E-state index in [-0.39, 0.29) is 0 Å². The fraction of sp³-hybridized carbons (Fsp3) is 0. The number of anilines is 3. The summed E-state index contributed by atoms with van der Waals surface area (Å²) in [6, 6.07) is 76.6. The van der Waals surface area contributed by atoms with Gasteiger partial charge in [0.05, 0.1) is 11.4 Å². The normalized spacial score (nSPS) is 11.5. The van der Waals surface area contributed by atoms with Gasteiger partial charge in [-0.05, 0) is 93.5 Å². The Morgan fingerprint density at radius 2 is 0.930 bits per heavy atom. The Balaban J connectivity index is 1.17. The molecule has 0 fully saturated rings. The Morgan fingerprint density at radius 3 is 1.74 bits per heavy atom. The van der Waals surface area contributed by atoms with Crippen LogP contribution in [0.5, 0.6) is 0 Å². The van der Waals surface area contributed by atoms with Crippen LogP contribution >= 0.6 is 11.3 Å². The van der Waals surface area contributed by atoms with Gasteiger partial charge >= 0.3 is 0 Å². The van der Waals surface area contributed by atoms with Crippen LogP contribution in [-0.4, -0.2) is 0 Å². The third-order valence-corrected chi connectivity index (χ3v) is 12.2. The van der Waals surface area contributed by atoms with Gasteiger partial charge in [0.15, 0.2) is 0 Å². The summed E-state index contributed by atoms with van der Waals surface area (Å²) in [7, 11) is 0. The second-order valence-corrected chi connectivity index (χ2v) is 15.5. The van der Waals surface area contributed by atoms with Crippen LogP contribution in [0.3, 0.4) is 0 Å². The van der Waals surface area contributed by atoms with Crippen molar-refractivity contribution in [3.8, 4) is 44.5 Å². The third kappa shape index (κ3) is 5.71. The number of para-hydroxylation sites is 1. The molecular formula is C54H35NOS. The Hall–Kier alpha value is -7.20. The lowest BCUT2D eigenvalue weighted by Crippen LogP contribution is -2.12. The van der Waals surface area contributed by atoms with Crippen molar-refractivity contribution >= 4 is 70.5 Å². The SMILES string of the molecule is c1ccc(-c2ccccc2-c2c(-c3ccccc3)cccc2N(c2ccc(-c3ccc4oc5ccccc5c4c3)cc2)c2cccc3sc4ccccc4c23)cc1. The molecule has 9 aromatic carbocycles. The minimum atomic E-state index is 0.903. The molecule has 0 saturated carbocycles. The van der Waals surface area contributed by atoms with Crippen molar-refractivity contribution < 1.29 is 4.42 Å². The number of thiophene rings is 1. The quantitative estimate of drug-likeness (QED) is 0.162. The topological polar surface area (TPSA) is 16.4 Å². The van der Waals surface area contributed by atoms with Crippen LogP contribution in [0.4, 0.5) is 17.1 Å². The van der Waals surface area contributed by atoms with Gasteiger partial charge in [0, 0.05) is 42.2 Å². The van der Waals surface area contributed by atoms with Crippen LogP contribution in [0.15, 0.2) is 217 Å². The van der Waals surface area contributed by atoms with E-state index in [1.807, 2.05) is 23.5 Å². The lowest BCUT2D eigenvalue weighted by atomic mass is 9.87. The Kier molecular flexibility index (Phi) is 8.04. The lowest BCUT2D eigenvalue weighted by molar-refractivity contribution is 0.669. The van der Waals surface area contributed by atoms with Gasteiger partial charge in [0.25, 0.3) is 0 Å². The molecule has 2 nitrogen and oxygen atoms in total. The highest BCUT2D eigenvalue weighted by Gasteiger charge is 2.25. The number of nitrogens with zero attached hydrogens (tertiary/aromatic N) is 1. The zero-order chi connectivity index (χ0) is 37.7. The summed E-state index contributed by atoms with van der Waals surface area (Å²) in [5, 5.41) is 4.78. The van der Waals surface area contributed by atoms with Gasteiger partial charge in [0.2, 0.25) is 0 Å². The third-order valence-electron chi connectivity index (χ3n) is 11.1. The molecule has 0 radical (unpaired) electrons. The summed E-state index contributed by atoms with van der Waals surface area (Å²) >= 11 is 1.85. The molecule has 0 bridgehead atoms. The summed E-state index contributed by atoms with van der Waals surface area (Å²) in [5.41, 5.74) is 14.6. The van der Waals surface area contributed by atoms with Gasteiger partial charge in [0.1, 0.15) is 11.2 Å². The van der Waals surface area contributed by atoms with Crippen molar-refractivity contribution in [2.45, 2.75) is 0 Å². The molecule has 0 spiro atoms. The van der Waals surface area contributed by atoms with E-state index in [0.717, 1.165) is 50.1 Å². The highest BCUT2D eigenvalue weighted by molar-refractivity contribution is 7.26. The molecule has 57 heavy (non-hydrogen) atoms. The monoisotopic (exact) mass is 745 g/mol. The number of fused-ring (bicyclic) bond motifs is 6. The molecule has 0 aliphatic carbocycles. The first-order valence-corrected chi connectivity index (χ1v) is 20.2. The first-order chi connectivity index (χ1) is 28.3. The molecule has 268 valence electrons. The zero-order valence-electron chi connectivity index (χ0n) is 31.0. The van der Waals surface area contributed by atoms with Crippen LogP contribution in [0.25, 0.3) is 86.6 Å². The molecule has 0 amide bonds. The number of furan rings is 1. The van der Waals surface area contributed by atoms with Crippen LogP contribution in [0.1, 0.15) is 0 Å². The fourth-order valence-corrected chi connectivity index (χ4v) is 9.62. The minimum absolute atomic E-state index is 0.903. The summed E-state index contributed by atoms with van der Waals surface area (Å²) < 4.78 is 8.72. The van der Waals surface area contributed by atoms with Gasteiger partial charge < -0.3 is 9.32 Å². The highest BCUT2D eigenvalue weighted by Crippen LogP contribution is 2.51. The number of benzene rings is 9. The van der Waals surface area contributed by atoms with Crippen molar-refractivity contribution in [1.29, 1.82) is 0 Å². The van der Waals surface area contributed by atoms with Crippen molar-refractivity contribution in [2.75, 3.05) is 4.90 Å². The molecule has 0 unspecified atom stereocenters. The number of hydrogen-bond acceptors (Lipinski definition) is 3. The van der Waals surface area contributed by atoms with E-state index in [1.165, 1.54) is 53.6 Å². The standard InChI is InChI=1S/C54H35NOS/c1-3-15-37(16-4-1)41-19-7-8-21-44(41)53-42(38-17-5-2-6-18-38)23-13-24-47(53)55(48-25-14-28-52-54(48)45-22-10-12-27-51(45)57-52)40-32-29-36(30-33-40)39-31-34-50-46(35-39)43-20-9-11-26-49(43)56-50/h1-35H. The summed E-state index contributed by atoms with van der Waals surface area (Å²) in [5.74, 6) is 0. The maximum absolute atomic E-state index is 6.17. The van der Waals surface area contributed by atoms with Crippen molar-refractivity contribution in [1.82, 2.24) is 0 Å². The molecule has 2 aromatic heterocycles. The van der Waals surface area contributed by atoms with Gasteiger partial charge in [-0.3, -0.25) is 0 Å². The minimum Gasteiger partial charge on any atom is -0.456 e. The highest BCUT2D eigenvalue weighted by atomic mass is 32.1. The number of hydrogen-bond donors (Lipinski definition) is 0. The lowest BCUT2D eigenvalue weighted by Gasteiger charge is -2.30. The van der Waals surface area contributed by atoms with Gasteiger partial charge in [-0.2, -0.15) is 0 Å². The van der Waals surface area contributed by atoms with E-state index in [2.05, 4.69) is 205 Å². The molecule has 3 heteroatoms. The second-order valence-electron chi connectivity index (χ2n) is 14.4. The average molecular weight is 746 g/mol. The molecule has 2 heterocycles. The van der Waals surface area contributed by atoms with E-state index in [9.17, 15) is 0 Å². The van der Waals surface area contributed by atoms with E-state index >= 15 is 0 Å². The Labute approximate surface area is 335 Å². The van der Waals surface area contributed by atoms with Crippen LogP contribution in [0.2, 0.25) is 0 Å². The Morgan fingerprint density at radius 1 is 0.351 bits per heavy atom. The van der Waals surface area contributed by atoms with Crippen LogP contribution in [0, 0.1) is 0 Å². The first kappa shape index (κ1) is 33.2. The average Bonchev–Trinajstić information content (AvgIpc) is 3.86. The molecular weight excluding hydrogens is 711 g/mol. The van der Waals surface area contributed by atoms with E-state index in [1.54, 1.807) is 0 Å². The molecule has 0 aliphatic rings. The van der Waals surface area contributed by atoms with Crippen LogP contribution in [-0.2, 0) is 0 Å².